The molecule has 1 heterocycles. The number of hydrogen-bond donors (Lipinski definition) is 1. The maximum absolute atomic E-state index is 5.95. The van der Waals surface area contributed by atoms with Crippen LogP contribution in [0.2, 0.25) is 5.02 Å². The van der Waals surface area contributed by atoms with Gasteiger partial charge in [-0.25, -0.2) is 0 Å². The number of aromatic nitrogens is 2. The molecule has 4 heteroatoms. The SMILES string of the molecule is Clc1ccc(Nc2cc(-c3ccccc3)c(-c3ccccc3)nn2)cc1. The number of nitrogens with one attached hydrogen (secondary N) is 1. The monoisotopic (exact) mass is 357 g/mol. The molecule has 0 aliphatic carbocycles. The van der Waals surface area contributed by atoms with Crippen molar-refractivity contribution < 1.29 is 0 Å². The average molecular weight is 358 g/mol. The van der Waals surface area contributed by atoms with Crippen LogP contribution >= 0.6 is 11.6 Å². The second-order valence-electron chi connectivity index (χ2n) is 5.86. The molecule has 4 aromatic rings. The largest absolute Gasteiger partial charge is 0.339 e. The third kappa shape index (κ3) is 3.58. The van der Waals surface area contributed by atoms with Gasteiger partial charge in [0.05, 0.1) is 0 Å². The summed E-state index contributed by atoms with van der Waals surface area (Å²) in [5, 5.41) is 12.9. The smallest absolute Gasteiger partial charge is 0.153 e. The van der Waals surface area contributed by atoms with Crippen LogP contribution in [0.5, 0.6) is 0 Å². The predicted octanol–water partition coefficient (Wildman–Crippen LogP) is 6.21. The molecular weight excluding hydrogens is 342 g/mol. The molecule has 26 heavy (non-hydrogen) atoms. The molecule has 1 N–H and O–H groups in total. The van der Waals surface area contributed by atoms with Gasteiger partial charge in [-0.2, -0.15) is 0 Å². The quantitative estimate of drug-likeness (QED) is 0.472. The van der Waals surface area contributed by atoms with E-state index in [0.717, 1.165) is 28.1 Å². The van der Waals surface area contributed by atoms with Gasteiger partial charge in [-0.05, 0) is 35.9 Å². The Labute approximate surface area is 157 Å². The maximum atomic E-state index is 5.95. The summed E-state index contributed by atoms with van der Waals surface area (Å²) in [7, 11) is 0. The molecule has 0 bridgehead atoms. The molecule has 0 fully saturated rings. The van der Waals surface area contributed by atoms with Crippen molar-refractivity contribution in [1.29, 1.82) is 0 Å². The lowest BCUT2D eigenvalue weighted by atomic mass is 10.00. The number of anilines is 2. The summed E-state index contributed by atoms with van der Waals surface area (Å²) >= 11 is 5.95. The van der Waals surface area contributed by atoms with Crippen LogP contribution < -0.4 is 5.32 Å². The normalized spacial score (nSPS) is 10.5. The molecule has 126 valence electrons. The molecule has 0 radical (unpaired) electrons. The Hall–Kier alpha value is -3.17. The predicted molar refractivity (Wildman–Crippen MR) is 108 cm³/mol. The minimum atomic E-state index is 0.686. The lowest BCUT2D eigenvalue weighted by molar-refractivity contribution is 1.04. The van der Waals surface area contributed by atoms with Gasteiger partial charge in [-0.3, -0.25) is 0 Å². The Kier molecular flexibility index (Phi) is 4.63. The topological polar surface area (TPSA) is 37.8 Å². The summed E-state index contributed by atoms with van der Waals surface area (Å²) in [4.78, 5) is 0. The molecule has 0 saturated carbocycles. The van der Waals surface area contributed by atoms with Crippen molar-refractivity contribution >= 4 is 23.1 Å². The third-order valence-electron chi connectivity index (χ3n) is 4.04. The fraction of sp³-hybridized carbons (Fsp3) is 0. The van der Waals surface area contributed by atoms with Gasteiger partial charge in [0.25, 0.3) is 0 Å². The van der Waals surface area contributed by atoms with Crippen LogP contribution in [-0.2, 0) is 0 Å². The van der Waals surface area contributed by atoms with E-state index in [9.17, 15) is 0 Å². The van der Waals surface area contributed by atoms with Crippen molar-refractivity contribution in [3.8, 4) is 22.4 Å². The van der Waals surface area contributed by atoms with E-state index in [1.165, 1.54) is 0 Å². The van der Waals surface area contributed by atoms with Gasteiger partial charge in [0.2, 0.25) is 0 Å². The second kappa shape index (κ2) is 7.38. The van der Waals surface area contributed by atoms with E-state index in [0.29, 0.717) is 10.8 Å². The lowest BCUT2D eigenvalue weighted by Gasteiger charge is -2.12. The first kappa shape index (κ1) is 16.3. The fourth-order valence-corrected chi connectivity index (χ4v) is 2.91. The lowest BCUT2D eigenvalue weighted by Crippen LogP contribution is -1.99. The van der Waals surface area contributed by atoms with Gasteiger partial charge < -0.3 is 5.32 Å². The highest BCUT2D eigenvalue weighted by Crippen LogP contribution is 2.32. The molecular formula is C22H16ClN3. The molecule has 1 aromatic heterocycles. The molecule has 3 nitrogen and oxygen atoms in total. The first-order valence-electron chi connectivity index (χ1n) is 8.31. The Balaban J connectivity index is 1.78. The summed E-state index contributed by atoms with van der Waals surface area (Å²) < 4.78 is 0. The molecule has 0 atom stereocenters. The van der Waals surface area contributed by atoms with Gasteiger partial charge in [0.15, 0.2) is 5.82 Å². The van der Waals surface area contributed by atoms with Crippen molar-refractivity contribution in [3.63, 3.8) is 0 Å². The average Bonchev–Trinajstić information content (AvgIpc) is 2.71. The van der Waals surface area contributed by atoms with Crippen LogP contribution in [0.3, 0.4) is 0 Å². The molecule has 4 rings (SSSR count). The number of nitrogens with zero attached hydrogens (tertiary/aromatic N) is 2. The maximum Gasteiger partial charge on any atom is 0.153 e. The number of halogens is 1. The van der Waals surface area contributed by atoms with E-state index in [1.54, 1.807) is 0 Å². The fourth-order valence-electron chi connectivity index (χ4n) is 2.78. The van der Waals surface area contributed by atoms with Crippen LogP contribution in [0.25, 0.3) is 22.4 Å². The molecule has 0 unspecified atom stereocenters. The van der Waals surface area contributed by atoms with Gasteiger partial charge in [-0.1, -0.05) is 72.3 Å². The van der Waals surface area contributed by atoms with Gasteiger partial charge in [0.1, 0.15) is 5.69 Å². The van der Waals surface area contributed by atoms with E-state index in [1.807, 2.05) is 78.9 Å². The van der Waals surface area contributed by atoms with Crippen LogP contribution in [0.1, 0.15) is 0 Å². The van der Waals surface area contributed by atoms with Gasteiger partial charge in [0, 0.05) is 21.8 Å². The number of hydrogen-bond acceptors (Lipinski definition) is 3. The Morgan fingerprint density at radius 1 is 0.654 bits per heavy atom. The van der Waals surface area contributed by atoms with Crippen molar-refractivity contribution in [2.45, 2.75) is 0 Å². The van der Waals surface area contributed by atoms with Gasteiger partial charge >= 0.3 is 0 Å². The van der Waals surface area contributed by atoms with E-state index in [-0.39, 0.29) is 0 Å². The van der Waals surface area contributed by atoms with Crippen LogP contribution in [0.15, 0.2) is 91.0 Å². The highest BCUT2D eigenvalue weighted by Gasteiger charge is 2.11. The Bertz CT molecular complexity index is 1000. The highest BCUT2D eigenvalue weighted by atomic mass is 35.5. The minimum Gasteiger partial charge on any atom is -0.339 e. The number of benzene rings is 3. The zero-order valence-electron chi connectivity index (χ0n) is 13.9. The zero-order chi connectivity index (χ0) is 17.8. The summed E-state index contributed by atoms with van der Waals surface area (Å²) in [6.07, 6.45) is 0. The summed E-state index contributed by atoms with van der Waals surface area (Å²) in [6.45, 7) is 0. The molecule has 0 amide bonds. The summed E-state index contributed by atoms with van der Waals surface area (Å²) in [6, 6.07) is 29.8. The molecule has 0 spiro atoms. The van der Waals surface area contributed by atoms with E-state index in [4.69, 9.17) is 11.6 Å². The van der Waals surface area contributed by atoms with Crippen LogP contribution in [0, 0.1) is 0 Å². The standard InChI is InChI=1S/C22H16ClN3/c23-18-11-13-19(14-12-18)24-21-15-20(16-7-3-1-4-8-16)22(26-25-21)17-9-5-2-6-10-17/h1-15H,(H,24,25). The highest BCUT2D eigenvalue weighted by molar-refractivity contribution is 6.30. The van der Waals surface area contributed by atoms with Crippen LogP contribution in [-0.4, -0.2) is 10.2 Å². The first-order valence-corrected chi connectivity index (χ1v) is 8.68. The third-order valence-corrected chi connectivity index (χ3v) is 4.29. The summed E-state index contributed by atoms with van der Waals surface area (Å²) in [5.41, 5.74) is 4.94. The second-order valence-corrected chi connectivity index (χ2v) is 6.29. The minimum absolute atomic E-state index is 0.686. The Morgan fingerprint density at radius 3 is 1.92 bits per heavy atom. The number of rotatable bonds is 4. The molecule has 0 aliphatic rings. The Morgan fingerprint density at radius 2 is 1.27 bits per heavy atom. The summed E-state index contributed by atoms with van der Waals surface area (Å²) in [5.74, 6) is 0.686. The first-order chi connectivity index (χ1) is 12.8. The van der Waals surface area contributed by atoms with Crippen molar-refractivity contribution in [3.05, 3.63) is 96.0 Å². The van der Waals surface area contributed by atoms with Crippen molar-refractivity contribution in [2.24, 2.45) is 0 Å². The van der Waals surface area contributed by atoms with Crippen LogP contribution in [0.4, 0.5) is 11.5 Å². The van der Waals surface area contributed by atoms with E-state index in [2.05, 4.69) is 27.6 Å². The molecule has 3 aromatic carbocycles. The zero-order valence-corrected chi connectivity index (χ0v) is 14.7. The van der Waals surface area contributed by atoms with Crippen molar-refractivity contribution in [1.82, 2.24) is 10.2 Å². The molecule has 0 aliphatic heterocycles. The van der Waals surface area contributed by atoms with Gasteiger partial charge in [-0.15, -0.1) is 10.2 Å². The van der Waals surface area contributed by atoms with E-state index < -0.39 is 0 Å². The van der Waals surface area contributed by atoms with E-state index >= 15 is 0 Å². The molecule has 0 saturated heterocycles. The van der Waals surface area contributed by atoms with Crippen molar-refractivity contribution in [2.75, 3.05) is 5.32 Å².